The van der Waals surface area contributed by atoms with Crippen LogP contribution < -0.4 is 0 Å². The highest BCUT2D eigenvalue weighted by Gasteiger charge is 2.26. The summed E-state index contributed by atoms with van der Waals surface area (Å²) >= 11 is 1.42. The first kappa shape index (κ1) is 17.0. The maximum Gasteiger partial charge on any atom is 0.235 e. The summed E-state index contributed by atoms with van der Waals surface area (Å²) in [5.41, 5.74) is 0.710. The molecule has 1 fully saturated rings. The van der Waals surface area contributed by atoms with Gasteiger partial charge in [0.15, 0.2) is 5.16 Å². The van der Waals surface area contributed by atoms with Crippen molar-refractivity contribution in [2.75, 3.05) is 13.1 Å². The van der Waals surface area contributed by atoms with Crippen molar-refractivity contribution in [3.63, 3.8) is 0 Å². The summed E-state index contributed by atoms with van der Waals surface area (Å²) in [7, 11) is 0. The lowest BCUT2D eigenvalue weighted by atomic mass is 9.99. The maximum atomic E-state index is 13.5. The molecular weight excluding hydrogens is 325 g/mol. The zero-order valence-corrected chi connectivity index (χ0v) is 14.8. The Kier molecular flexibility index (Phi) is 5.23. The van der Waals surface area contributed by atoms with Gasteiger partial charge in [-0.05, 0) is 43.9 Å². The number of hydrogen-bond donors (Lipinski definition) is 0. The average Bonchev–Trinajstić information content (AvgIpc) is 3.03. The highest BCUT2D eigenvalue weighted by Crippen LogP contribution is 2.27. The van der Waals surface area contributed by atoms with Gasteiger partial charge >= 0.3 is 0 Å². The number of hydrogen-bond acceptors (Lipinski definition) is 3. The lowest BCUT2D eigenvalue weighted by Crippen LogP contribution is -2.41. The maximum absolute atomic E-state index is 13.5. The summed E-state index contributed by atoms with van der Waals surface area (Å²) in [6.07, 6.45) is 5.60. The molecule has 4 nitrogen and oxygen atoms in total. The van der Waals surface area contributed by atoms with Crippen LogP contribution in [0.5, 0.6) is 0 Å². The summed E-state index contributed by atoms with van der Waals surface area (Å²) in [5.74, 6) is 0.563. The van der Waals surface area contributed by atoms with Gasteiger partial charge in [-0.1, -0.05) is 24.8 Å². The predicted octanol–water partition coefficient (Wildman–Crippen LogP) is 3.75. The molecule has 1 unspecified atom stereocenters. The molecule has 1 atom stereocenters. The van der Waals surface area contributed by atoms with Gasteiger partial charge in [0.2, 0.25) is 5.91 Å². The quantitative estimate of drug-likeness (QED) is 0.791. The molecule has 0 bridgehead atoms. The molecule has 0 saturated carbocycles. The van der Waals surface area contributed by atoms with Gasteiger partial charge in [0.1, 0.15) is 5.82 Å². The Morgan fingerprint density at radius 3 is 2.83 bits per heavy atom. The second-order valence-electron chi connectivity index (χ2n) is 6.33. The Labute approximate surface area is 146 Å². The van der Waals surface area contributed by atoms with Gasteiger partial charge in [0.05, 0.1) is 10.9 Å². The van der Waals surface area contributed by atoms with Crippen LogP contribution in [0.4, 0.5) is 4.39 Å². The van der Waals surface area contributed by atoms with Crippen LogP contribution in [0.1, 0.15) is 26.7 Å². The van der Waals surface area contributed by atoms with E-state index >= 15 is 0 Å². The van der Waals surface area contributed by atoms with E-state index < -0.39 is 0 Å². The smallest absolute Gasteiger partial charge is 0.235 e. The van der Waals surface area contributed by atoms with Gasteiger partial charge in [0, 0.05) is 25.5 Å². The Morgan fingerprint density at radius 2 is 2.12 bits per heavy atom. The summed E-state index contributed by atoms with van der Waals surface area (Å²) in [6, 6.07) is 6.37. The van der Waals surface area contributed by atoms with Crippen molar-refractivity contribution in [2.24, 2.45) is 5.92 Å². The number of likely N-dealkylation sites (tertiary alicyclic amines) is 1. The van der Waals surface area contributed by atoms with E-state index in [1.807, 2.05) is 22.5 Å². The molecule has 24 heavy (non-hydrogen) atoms. The van der Waals surface area contributed by atoms with Crippen LogP contribution in [0.3, 0.4) is 0 Å². The highest BCUT2D eigenvalue weighted by molar-refractivity contribution is 8.00. The number of halogens is 1. The number of rotatable bonds is 4. The average molecular weight is 347 g/mol. The van der Waals surface area contributed by atoms with Gasteiger partial charge in [0.25, 0.3) is 0 Å². The number of aromatic nitrogens is 2. The van der Waals surface area contributed by atoms with E-state index in [1.165, 1.54) is 23.9 Å². The van der Waals surface area contributed by atoms with Crippen LogP contribution in [0, 0.1) is 11.7 Å². The van der Waals surface area contributed by atoms with E-state index in [0.717, 1.165) is 25.9 Å². The molecule has 1 saturated heterocycles. The third-order valence-corrected chi connectivity index (χ3v) is 5.49. The fourth-order valence-electron chi connectivity index (χ4n) is 2.89. The number of piperidine rings is 1. The number of thioether (sulfide) groups is 1. The number of amides is 1. The third kappa shape index (κ3) is 3.80. The molecule has 3 rings (SSSR count). The molecule has 2 heterocycles. The van der Waals surface area contributed by atoms with Crippen LogP contribution in [0.25, 0.3) is 5.69 Å². The van der Waals surface area contributed by atoms with Crippen molar-refractivity contribution >= 4 is 17.7 Å². The van der Waals surface area contributed by atoms with Gasteiger partial charge < -0.3 is 4.90 Å². The van der Waals surface area contributed by atoms with E-state index in [-0.39, 0.29) is 17.0 Å². The van der Waals surface area contributed by atoms with Crippen LogP contribution >= 0.6 is 11.8 Å². The molecule has 2 aromatic rings. The normalized spacial score (nSPS) is 17.0. The fourth-order valence-corrected chi connectivity index (χ4v) is 3.86. The van der Waals surface area contributed by atoms with Crippen molar-refractivity contribution in [3.8, 4) is 5.69 Å². The Hall–Kier alpha value is -1.82. The van der Waals surface area contributed by atoms with Crippen molar-refractivity contribution in [1.82, 2.24) is 14.5 Å². The molecule has 1 aromatic carbocycles. The molecule has 128 valence electrons. The summed E-state index contributed by atoms with van der Waals surface area (Å²) in [6.45, 7) is 5.82. The number of benzene rings is 1. The Bertz CT molecular complexity index is 710. The van der Waals surface area contributed by atoms with Gasteiger partial charge in [-0.25, -0.2) is 9.37 Å². The second-order valence-corrected chi connectivity index (χ2v) is 7.64. The van der Waals surface area contributed by atoms with Crippen molar-refractivity contribution in [1.29, 1.82) is 0 Å². The molecule has 1 aliphatic rings. The summed E-state index contributed by atoms with van der Waals surface area (Å²) in [5, 5.41) is 0.486. The minimum atomic E-state index is -0.288. The Morgan fingerprint density at radius 1 is 1.38 bits per heavy atom. The third-order valence-electron chi connectivity index (χ3n) is 4.42. The van der Waals surface area contributed by atoms with E-state index in [2.05, 4.69) is 11.9 Å². The zero-order chi connectivity index (χ0) is 17.1. The number of nitrogens with zero attached hydrogens (tertiary/aromatic N) is 3. The lowest BCUT2D eigenvalue weighted by molar-refractivity contribution is -0.131. The standard InChI is InChI=1S/C18H22FN3OS/c1-13-6-9-21(10-7-13)17(23)14(2)24-18-20-8-11-22(18)16-5-3-4-15(19)12-16/h3-5,8,11-14H,6-7,9-10H2,1-2H3. The SMILES string of the molecule is CC1CCN(C(=O)C(C)Sc2nccn2-c2cccc(F)c2)CC1. The zero-order valence-electron chi connectivity index (χ0n) is 14.0. The fraction of sp³-hybridized carbons (Fsp3) is 0.444. The largest absolute Gasteiger partial charge is 0.342 e. The van der Waals surface area contributed by atoms with E-state index in [9.17, 15) is 9.18 Å². The first-order valence-electron chi connectivity index (χ1n) is 8.29. The minimum absolute atomic E-state index is 0.153. The Balaban J connectivity index is 1.70. The molecular formula is C18H22FN3OS. The molecule has 0 N–H and O–H groups in total. The van der Waals surface area contributed by atoms with E-state index in [1.54, 1.807) is 18.5 Å². The van der Waals surface area contributed by atoms with Crippen LogP contribution in [0.15, 0.2) is 41.8 Å². The second kappa shape index (κ2) is 7.38. The molecule has 1 aliphatic heterocycles. The van der Waals surface area contributed by atoms with Crippen molar-refractivity contribution < 1.29 is 9.18 Å². The molecule has 0 radical (unpaired) electrons. The van der Waals surface area contributed by atoms with Crippen molar-refractivity contribution in [2.45, 2.75) is 37.1 Å². The highest BCUT2D eigenvalue weighted by atomic mass is 32.2. The van der Waals surface area contributed by atoms with E-state index in [0.29, 0.717) is 16.8 Å². The van der Waals surface area contributed by atoms with E-state index in [4.69, 9.17) is 0 Å². The summed E-state index contributed by atoms with van der Waals surface area (Å²) < 4.78 is 15.3. The minimum Gasteiger partial charge on any atom is -0.342 e. The van der Waals surface area contributed by atoms with Crippen LogP contribution in [-0.2, 0) is 4.79 Å². The lowest BCUT2D eigenvalue weighted by Gasteiger charge is -2.32. The molecule has 6 heteroatoms. The van der Waals surface area contributed by atoms with Gasteiger partial charge in [-0.3, -0.25) is 9.36 Å². The van der Waals surface area contributed by atoms with Gasteiger partial charge in [-0.2, -0.15) is 0 Å². The number of imidazole rings is 1. The van der Waals surface area contributed by atoms with Crippen molar-refractivity contribution in [3.05, 3.63) is 42.5 Å². The first-order chi connectivity index (χ1) is 11.5. The van der Waals surface area contributed by atoms with Crippen LogP contribution in [-0.4, -0.2) is 38.7 Å². The molecule has 0 aliphatic carbocycles. The monoisotopic (exact) mass is 347 g/mol. The van der Waals surface area contributed by atoms with Gasteiger partial charge in [-0.15, -0.1) is 0 Å². The molecule has 1 aromatic heterocycles. The van der Waals surface area contributed by atoms with Crippen LogP contribution in [0.2, 0.25) is 0 Å². The first-order valence-corrected chi connectivity index (χ1v) is 9.17. The summed E-state index contributed by atoms with van der Waals surface area (Å²) in [4.78, 5) is 18.9. The number of carbonyl (C=O) groups is 1. The number of carbonyl (C=O) groups excluding carboxylic acids is 1. The topological polar surface area (TPSA) is 38.1 Å². The molecule has 0 spiro atoms. The molecule has 1 amide bonds. The predicted molar refractivity (Wildman–Crippen MR) is 93.8 cm³/mol.